The topological polar surface area (TPSA) is 103 Å². The molecule has 4 aromatic rings. The highest BCUT2D eigenvalue weighted by Gasteiger charge is 2.58. The molecule has 0 saturated carbocycles. The summed E-state index contributed by atoms with van der Waals surface area (Å²) in [5.74, 6) is 0. The van der Waals surface area contributed by atoms with Gasteiger partial charge in [0.2, 0.25) is 0 Å². The molecule has 13 atom stereocenters. The first-order valence-corrected chi connectivity index (χ1v) is 17.9. The Bertz CT molecular complexity index is 1690. The van der Waals surface area contributed by atoms with E-state index in [4.69, 9.17) is 42.6 Å². The Morgan fingerprint density at radius 2 is 0.920 bits per heavy atom. The van der Waals surface area contributed by atoms with E-state index < -0.39 is 79.4 Å². The van der Waals surface area contributed by atoms with Gasteiger partial charge in [0.15, 0.2) is 25.2 Å². The Hall–Kier alpha value is -3.17. The zero-order valence-electron chi connectivity index (χ0n) is 27.0. The Morgan fingerprint density at radius 1 is 0.440 bits per heavy atom. The quantitative estimate of drug-likeness (QED) is 0.278. The van der Waals surface area contributed by atoms with Gasteiger partial charge in [-0.25, -0.2) is 0 Å². The number of ether oxygens (including phenoxy) is 9. The summed E-state index contributed by atoms with van der Waals surface area (Å²) in [5, 5.41) is 12.0. The van der Waals surface area contributed by atoms with Crippen LogP contribution in [0.2, 0.25) is 0 Å². The molecule has 5 saturated heterocycles. The van der Waals surface area contributed by atoms with Crippen molar-refractivity contribution in [2.45, 2.75) is 84.3 Å². The molecule has 260 valence electrons. The first-order chi connectivity index (χ1) is 24.7. The number of fused-ring (bicyclic) bond motifs is 5. The van der Waals surface area contributed by atoms with E-state index in [1.54, 1.807) is 0 Å². The van der Waals surface area contributed by atoms with Gasteiger partial charge in [0.05, 0.1) is 13.2 Å². The second-order valence-corrected chi connectivity index (χ2v) is 14.1. The maximum Gasteiger partial charge on any atom is 0.187 e. The van der Waals surface area contributed by atoms with E-state index in [2.05, 4.69) is 0 Å². The minimum atomic E-state index is -1.13. The van der Waals surface area contributed by atoms with Crippen LogP contribution in [0.5, 0.6) is 0 Å². The van der Waals surface area contributed by atoms with E-state index in [9.17, 15) is 5.11 Å². The van der Waals surface area contributed by atoms with Gasteiger partial charge in [-0.15, -0.1) is 0 Å². The van der Waals surface area contributed by atoms with Gasteiger partial charge in [-0.05, 0) is 12.1 Å². The van der Waals surface area contributed by atoms with Crippen LogP contribution in [0.3, 0.4) is 0 Å². The summed E-state index contributed by atoms with van der Waals surface area (Å²) < 4.78 is 59.3. The molecule has 5 fully saturated rings. The van der Waals surface area contributed by atoms with Crippen molar-refractivity contribution in [3.63, 3.8) is 0 Å². The fraction of sp³-hybridized carbons (Fsp3) is 0.385. The second-order valence-electron chi connectivity index (χ2n) is 12.9. The largest absolute Gasteiger partial charge is 0.387 e. The van der Waals surface area contributed by atoms with Crippen molar-refractivity contribution in [2.75, 3.05) is 13.2 Å². The van der Waals surface area contributed by atoms with Crippen LogP contribution in [0.1, 0.15) is 35.6 Å². The average molecular weight is 699 g/mol. The van der Waals surface area contributed by atoms with Crippen LogP contribution in [-0.4, -0.2) is 78.9 Å². The number of rotatable bonds is 5. The van der Waals surface area contributed by atoms with Gasteiger partial charge in [0.1, 0.15) is 54.3 Å². The van der Waals surface area contributed by atoms with Crippen LogP contribution in [-0.2, 0) is 42.6 Å². The molecule has 10 nitrogen and oxygen atoms in total. The molecule has 0 aliphatic carbocycles. The number of hydrogen-bond acceptors (Lipinski definition) is 11. The Kier molecular flexibility index (Phi) is 9.46. The molecule has 1 N–H and O–H groups in total. The van der Waals surface area contributed by atoms with Gasteiger partial charge in [-0.2, -0.15) is 0 Å². The molecule has 9 rings (SSSR count). The van der Waals surface area contributed by atoms with Crippen molar-refractivity contribution in [1.29, 1.82) is 0 Å². The molecule has 0 radical (unpaired) electrons. The SMILES string of the molecule is O[C@@H]1[C@H]2OC(c3ccccc3)O[C@@H]3[C@@H](O[C@@H]2O[C@@H]2COC(c4ccccc4)O[C@@H]12)[C@@H]1OC(c2ccccc2)OC[C@H]1O[C@H]3Sc1ccccc1. The van der Waals surface area contributed by atoms with E-state index in [1.165, 1.54) is 11.8 Å². The highest BCUT2D eigenvalue weighted by atomic mass is 32.2. The van der Waals surface area contributed by atoms with Crippen LogP contribution in [0.15, 0.2) is 126 Å². The molecule has 0 amide bonds. The zero-order valence-corrected chi connectivity index (χ0v) is 27.8. The van der Waals surface area contributed by atoms with Crippen molar-refractivity contribution in [1.82, 2.24) is 0 Å². The number of thioether (sulfide) groups is 1. The Morgan fingerprint density at radius 3 is 1.52 bits per heavy atom. The van der Waals surface area contributed by atoms with Crippen LogP contribution in [0, 0.1) is 0 Å². The smallest absolute Gasteiger partial charge is 0.187 e. The van der Waals surface area contributed by atoms with Gasteiger partial charge in [0.25, 0.3) is 0 Å². The first-order valence-electron chi connectivity index (χ1n) is 17.0. The molecule has 5 heterocycles. The molecule has 0 bridgehead atoms. The minimum absolute atomic E-state index is 0.197. The summed E-state index contributed by atoms with van der Waals surface area (Å²) >= 11 is 1.54. The van der Waals surface area contributed by atoms with Crippen LogP contribution < -0.4 is 0 Å². The van der Waals surface area contributed by atoms with Crippen molar-refractivity contribution in [2.24, 2.45) is 0 Å². The normalized spacial score (nSPS) is 38.3. The predicted molar refractivity (Wildman–Crippen MR) is 179 cm³/mol. The molecular weight excluding hydrogens is 660 g/mol. The van der Waals surface area contributed by atoms with E-state index in [1.807, 2.05) is 121 Å². The monoisotopic (exact) mass is 698 g/mol. The summed E-state index contributed by atoms with van der Waals surface area (Å²) in [4.78, 5) is 1.01. The highest BCUT2D eigenvalue weighted by molar-refractivity contribution is 7.99. The van der Waals surface area contributed by atoms with Crippen LogP contribution in [0.25, 0.3) is 0 Å². The third-order valence-electron chi connectivity index (χ3n) is 9.66. The van der Waals surface area contributed by atoms with E-state index in [-0.39, 0.29) is 13.2 Å². The predicted octanol–water partition coefficient (Wildman–Crippen LogP) is 5.69. The van der Waals surface area contributed by atoms with E-state index >= 15 is 0 Å². The van der Waals surface area contributed by atoms with Crippen molar-refractivity contribution in [3.8, 4) is 0 Å². The molecule has 0 aromatic heterocycles. The molecule has 5 aliphatic rings. The fourth-order valence-corrected chi connectivity index (χ4v) is 8.33. The second kappa shape index (κ2) is 14.5. The lowest BCUT2D eigenvalue weighted by molar-refractivity contribution is -0.425. The molecule has 4 aromatic carbocycles. The fourth-order valence-electron chi connectivity index (χ4n) is 7.19. The molecule has 3 unspecified atom stereocenters. The van der Waals surface area contributed by atoms with Gasteiger partial charge >= 0.3 is 0 Å². The average Bonchev–Trinajstić information content (AvgIpc) is 3.17. The zero-order chi connectivity index (χ0) is 33.4. The lowest BCUT2D eigenvalue weighted by atomic mass is 9.95. The number of hydrogen-bond donors (Lipinski definition) is 1. The summed E-state index contributed by atoms with van der Waals surface area (Å²) in [5.41, 5.74) is 1.99. The number of aliphatic hydroxyl groups excluding tert-OH is 1. The standard InChI is InChI=1S/C39H38O10S/c40-29-30-27(21-41-35(45-30)23-13-5-1-6-14-23)43-38-32(29)47-37(25-17-9-3-10-18-25)49-34-33(48-38)31-28(44-39(34)50-26-19-11-4-12-20-26)22-42-36(46-31)24-15-7-2-8-16-24/h1-20,27-40H,21-22H2/t27-,28-,29+,30-,31-,32-,33+,34-,35?,36?,37?,38+,39+/m1/s1. The van der Waals surface area contributed by atoms with E-state index in [0.717, 1.165) is 21.6 Å². The minimum Gasteiger partial charge on any atom is -0.387 e. The summed E-state index contributed by atoms with van der Waals surface area (Å²) in [6, 6.07) is 39.1. The highest BCUT2D eigenvalue weighted by Crippen LogP contribution is 2.46. The summed E-state index contributed by atoms with van der Waals surface area (Å²) in [6.45, 7) is 0.481. The Labute approximate surface area is 294 Å². The molecule has 0 spiro atoms. The van der Waals surface area contributed by atoms with Crippen LogP contribution >= 0.6 is 11.8 Å². The maximum absolute atomic E-state index is 12.0. The summed E-state index contributed by atoms with van der Waals surface area (Å²) in [7, 11) is 0. The maximum atomic E-state index is 12.0. The van der Waals surface area contributed by atoms with Gasteiger partial charge < -0.3 is 47.7 Å². The number of benzene rings is 4. The van der Waals surface area contributed by atoms with Gasteiger partial charge in [0, 0.05) is 21.6 Å². The lowest BCUT2D eigenvalue weighted by Crippen LogP contribution is -2.68. The molecule has 5 aliphatic heterocycles. The van der Waals surface area contributed by atoms with Gasteiger partial charge in [-0.1, -0.05) is 121 Å². The first kappa shape index (κ1) is 32.7. The number of aliphatic hydroxyl groups is 1. The lowest BCUT2D eigenvalue weighted by Gasteiger charge is -2.54. The third kappa shape index (κ3) is 6.53. The van der Waals surface area contributed by atoms with Crippen molar-refractivity contribution >= 4 is 11.8 Å². The van der Waals surface area contributed by atoms with E-state index in [0.29, 0.717) is 0 Å². The third-order valence-corrected chi connectivity index (χ3v) is 10.8. The molecule has 50 heavy (non-hydrogen) atoms. The molecule has 11 heteroatoms. The van der Waals surface area contributed by atoms with Crippen molar-refractivity contribution < 1.29 is 47.7 Å². The Balaban J connectivity index is 1.07. The van der Waals surface area contributed by atoms with Gasteiger partial charge in [-0.3, -0.25) is 0 Å². The molecular formula is C39H38O10S. The van der Waals surface area contributed by atoms with Crippen molar-refractivity contribution in [3.05, 3.63) is 138 Å². The van der Waals surface area contributed by atoms with Crippen LogP contribution in [0.4, 0.5) is 0 Å². The summed E-state index contributed by atoms with van der Waals surface area (Å²) in [6.07, 6.45) is -9.08.